The van der Waals surface area contributed by atoms with Crippen molar-refractivity contribution in [2.24, 2.45) is 0 Å². The molecule has 0 N–H and O–H groups in total. The molecule has 0 saturated carbocycles. The first-order valence-corrected chi connectivity index (χ1v) is 12.3. The average Bonchev–Trinajstić information content (AvgIpc) is 2.87. The molecule has 6 nitrogen and oxygen atoms in total. The van der Waals surface area contributed by atoms with Crippen LogP contribution in [0.4, 0.5) is 0 Å². The predicted octanol–water partition coefficient (Wildman–Crippen LogP) is 4.20. The zero-order valence-corrected chi connectivity index (χ0v) is 20.2. The number of hydrogen-bond acceptors (Lipinski definition) is 4. The van der Waals surface area contributed by atoms with Gasteiger partial charge in [-0.3, -0.25) is 14.5 Å². The Morgan fingerprint density at radius 3 is 2.11 bits per heavy atom. The van der Waals surface area contributed by atoms with Gasteiger partial charge in [0.25, 0.3) is 11.8 Å². The molecule has 180 valence electrons. The average molecular weight is 490 g/mol. The summed E-state index contributed by atoms with van der Waals surface area (Å²) in [5.41, 5.74) is 2.42. The highest BCUT2D eigenvalue weighted by molar-refractivity contribution is 6.30. The van der Waals surface area contributed by atoms with Gasteiger partial charge in [-0.25, -0.2) is 0 Å². The Kier molecular flexibility index (Phi) is 7.02. The predicted molar refractivity (Wildman–Crippen MR) is 136 cm³/mol. The quantitative estimate of drug-likeness (QED) is 0.520. The van der Waals surface area contributed by atoms with Gasteiger partial charge in [-0.05, 0) is 48.0 Å². The summed E-state index contributed by atoms with van der Waals surface area (Å²) in [4.78, 5) is 31.8. The fraction of sp³-hybridized carbons (Fsp3) is 0.286. The van der Waals surface area contributed by atoms with Crippen LogP contribution < -0.4 is 4.74 Å². The van der Waals surface area contributed by atoms with Crippen LogP contribution in [-0.2, 0) is 6.61 Å². The zero-order chi connectivity index (χ0) is 24.2. The maximum absolute atomic E-state index is 12.9. The molecule has 0 radical (unpaired) electrons. The number of halogens is 1. The number of carbonyl (C=O) groups excluding carboxylic acids is 2. The van der Waals surface area contributed by atoms with Gasteiger partial charge in [0.15, 0.2) is 0 Å². The molecule has 0 aliphatic carbocycles. The molecular weight excluding hydrogens is 462 g/mol. The number of hydrogen-bond donors (Lipinski definition) is 0. The van der Waals surface area contributed by atoms with Crippen molar-refractivity contribution in [3.05, 3.63) is 101 Å². The summed E-state index contributed by atoms with van der Waals surface area (Å²) in [6.07, 6.45) is 0. The summed E-state index contributed by atoms with van der Waals surface area (Å²) in [6, 6.07) is 24.7. The highest BCUT2D eigenvalue weighted by atomic mass is 35.5. The lowest BCUT2D eigenvalue weighted by atomic mass is 10.0. The van der Waals surface area contributed by atoms with E-state index in [-0.39, 0.29) is 11.8 Å². The molecule has 2 aliphatic heterocycles. The Bertz CT molecular complexity index is 1170. The third kappa shape index (κ3) is 5.50. The molecule has 7 heteroatoms. The SMILES string of the molecule is O=C(c1ccccc1)N1CCN(C2CN(C(=O)c3ccc(COc4cccc(Cl)c4)cc3)C2)CC1. The van der Waals surface area contributed by atoms with E-state index in [9.17, 15) is 9.59 Å². The van der Waals surface area contributed by atoms with E-state index in [1.54, 1.807) is 6.07 Å². The van der Waals surface area contributed by atoms with Crippen LogP contribution in [0, 0.1) is 0 Å². The normalized spacial score (nSPS) is 16.6. The van der Waals surface area contributed by atoms with Gasteiger partial charge in [0, 0.05) is 61.5 Å². The first-order valence-electron chi connectivity index (χ1n) is 11.9. The summed E-state index contributed by atoms with van der Waals surface area (Å²) < 4.78 is 5.77. The maximum atomic E-state index is 12.9. The van der Waals surface area contributed by atoms with Crippen LogP contribution in [0.3, 0.4) is 0 Å². The fourth-order valence-electron chi connectivity index (χ4n) is 4.56. The van der Waals surface area contributed by atoms with Gasteiger partial charge < -0.3 is 14.5 Å². The largest absolute Gasteiger partial charge is 0.489 e. The second-order valence-corrected chi connectivity index (χ2v) is 9.44. The first kappa shape index (κ1) is 23.4. The van der Waals surface area contributed by atoms with Crippen LogP contribution in [0.2, 0.25) is 5.02 Å². The third-order valence-corrected chi connectivity index (χ3v) is 6.93. The molecule has 3 aromatic carbocycles. The Balaban J connectivity index is 1.07. The first-order chi connectivity index (χ1) is 17.1. The molecule has 0 spiro atoms. The van der Waals surface area contributed by atoms with Gasteiger partial charge in [-0.15, -0.1) is 0 Å². The van der Waals surface area contributed by atoms with Crippen molar-refractivity contribution in [2.45, 2.75) is 12.6 Å². The Morgan fingerprint density at radius 1 is 0.771 bits per heavy atom. The molecule has 2 amide bonds. The van der Waals surface area contributed by atoms with Crippen LogP contribution in [0.1, 0.15) is 26.3 Å². The van der Waals surface area contributed by atoms with Crippen molar-refractivity contribution < 1.29 is 14.3 Å². The lowest BCUT2D eigenvalue weighted by molar-refractivity contribution is 0.00853. The summed E-state index contributed by atoms with van der Waals surface area (Å²) in [7, 11) is 0. The molecule has 0 aromatic heterocycles. The minimum Gasteiger partial charge on any atom is -0.489 e. The second kappa shape index (κ2) is 10.5. The van der Waals surface area contributed by atoms with E-state index in [4.69, 9.17) is 16.3 Å². The zero-order valence-electron chi connectivity index (χ0n) is 19.5. The smallest absolute Gasteiger partial charge is 0.253 e. The Hall–Kier alpha value is -3.35. The number of piperazine rings is 1. The number of rotatable bonds is 6. The molecule has 5 rings (SSSR count). The Morgan fingerprint density at radius 2 is 1.43 bits per heavy atom. The third-order valence-electron chi connectivity index (χ3n) is 6.69. The molecule has 3 aromatic rings. The molecule has 35 heavy (non-hydrogen) atoms. The van der Waals surface area contributed by atoms with E-state index in [0.29, 0.717) is 23.2 Å². The van der Waals surface area contributed by atoms with Crippen LogP contribution in [-0.4, -0.2) is 71.8 Å². The van der Waals surface area contributed by atoms with E-state index in [1.165, 1.54) is 0 Å². The number of nitrogens with zero attached hydrogens (tertiary/aromatic N) is 3. The lowest BCUT2D eigenvalue weighted by Crippen LogP contribution is -2.64. The summed E-state index contributed by atoms with van der Waals surface area (Å²) in [5, 5.41) is 0.638. The highest BCUT2D eigenvalue weighted by Gasteiger charge is 2.36. The summed E-state index contributed by atoms with van der Waals surface area (Å²) in [6.45, 7) is 4.99. The van der Waals surface area contributed by atoms with Crippen LogP contribution in [0.15, 0.2) is 78.9 Å². The van der Waals surface area contributed by atoms with Crippen molar-refractivity contribution in [3.63, 3.8) is 0 Å². The standard InChI is InChI=1S/C28H28ClN3O3/c29-24-7-4-8-26(17-24)35-20-21-9-11-23(12-10-21)28(34)32-18-25(19-32)30-13-15-31(16-14-30)27(33)22-5-2-1-3-6-22/h1-12,17,25H,13-16,18-20H2. The molecule has 0 unspecified atom stereocenters. The monoisotopic (exact) mass is 489 g/mol. The molecule has 0 bridgehead atoms. The fourth-order valence-corrected chi connectivity index (χ4v) is 4.74. The topological polar surface area (TPSA) is 53.1 Å². The van der Waals surface area contributed by atoms with Gasteiger partial charge in [0.05, 0.1) is 0 Å². The van der Waals surface area contributed by atoms with Crippen molar-refractivity contribution >= 4 is 23.4 Å². The van der Waals surface area contributed by atoms with E-state index in [2.05, 4.69) is 4.90 Å². The van der Waals surface area contributed by atoms with Crippen LogP contribution >= 0.6 is 11.6 Å². The molecule has 2 aliphatic rings. The summed E-state index contributed by atoms with van der Waals surface area (Å²) in [5.74, 6) is 0.869. The molecule has 2 saturated heterocycles. The van der Waals surface area contributed by atoms with E-state index < -0.39 is 0 Å². The minimum atomic E-state index is 0.0569. The highest BCUT2D eigenvalue weighted by Crippen LogP contribution is 2.22. The van der Waals surface area contributed by atoms with Crippen molar-refractivity contribution in [1.29, 1.82) is 0 Å². The lowest BCUT2D eigenvalue weighted by Gasteiger charge is -2.48. The van der Waals surface area contributed by atoms with Gasteiger partial charge in [-0.1, -0.05) is 48.0 Å². The van der Waals surface area contributed by atoms with Crippen LogP contribution in [0.25, 0.3) is 0 Å². The number of likely N-dealkylation sites (tertiary alicyclic amines) is 1. The second-order valence-electron chi connectivity index (χ2n) is 9.00. The molecular formula is C28H28ClN3O3. The maximum Gasteiger partial charge on any atom is 0.253 e. The molecule has 0 atom stereocenters. The van der Waals surface area contributed by atoms with Gasteiger partial charge in [-0.2, -0.15) is 0 Å². The van der Waals surface area contributed by atoms with Gasteiger partial charge in [0.1, 0.15) is 12.4 Å². The molecule has 2 fully saturated rings. The van der Waals surface area contributed by atoms with Crippen molar-refractivity contribution in [2.75, 3.05) is 39.3 Å². The number of amides is 2. The number of ether oxygens (including phenoxy) is 1. The number of carbonyl (C=O) groups is 2. The van der Waals surface area contributed by atoms with E-state index >= 15 is 0 Å². The minimum absolute atomic E-state index is 0.0569. The van der Waals surface area contributed by atoms with Gasteiger partial charge in [0.2, 0.25) is 0 Å². The van der Waals surface area contributed by atoms with Crippen molar-refractivity contribution in [1.82, 2.24) is 14.7 Å². The van der Waals surface area contributed by atoms with Gasteiger partial charge >= 0.3 is 0 Å². The summed E-state index contributed by atoms with van der Waals surface area (Å²) >= 11 is 5.99. The van der Waals surface area contributed by atoms with E-state index in [0.717, 1.165) is 56.1 Å². The Labute approximate surface area is 210 Å². The van der Waals surface area contributed by atoms with Crippen LogP contribution in [0.5, 0.6) is 5.75 Å². The van der Waals surface area contributed by atoms with E-state index in [1.807, 2.05) is 82.6 Å². The number of benzene rings is 3. The molecule has 2 heterocycles. The van der Waals surface area contributed by atoms with Crippen molar-refractivity contribution in [3.8, 4) is 5.75 Å².